The molecule has 0 bridgehead atoms. The van der Waals surface area contributed by atoms with Gasteiger partial charge in [0.05, 0.1) is 12.6 Å². The first-order valence-corrected chi connectivity index (χ1v) is 6.19. The van der Waals surface area contributed by atoms with E-state index in [9.17, 15) is 4.79 Å². The van der Waals surface area contributed by atoms with Crippen LogP contribution in [0.5, 0.6) is 0 Å². The van der Waals surface area contributed by atoms with Crippen LogP contribution in [0, 0.1) is 0 Å². The van der Waals surface area contributed by atoms with E-state index in [0.29, 0.717) is 17.7 Å². The highest BCUT2D eigenvalue weighted by Crippen LogP contribution is 2.06. The molecule has 0 aliphatic heterocycles. The van der Waals surface area contributed by atoms with Gasteiger partial charge in [0, 0.05) is 18.2 Å². The van der Waals surface area contributed by atoms with Gasteiger partial charge in [-0.15, -0.1) is 0 Å². The van der Waals surface area contributed by atoms with Gasteiger partial charge < -0.3 is 15.8 Å². The number of thiocarbonyl (C=S) groups is 1. The van der Waals surface area contributed by atoms with Gasteiger partial charge in [-0.25, -0.2) is 0 Å². The van der Waals surface area contributed by atoms with Crippen molar-refractivity contribution >= 4 is 23.1 Å². The average Bonchev–Trinajstić information content (AvgIpc) is 2.38. The van der Waals surface area contributed by atoms with Crippen LogP contribution in [-0.4, -0.2) is 30.7 Å². The smallest absolute Gasteiger partial charge is 0.251 e. The van der Waals surface area contributed by atoms with Crippen LogP contribution in [-0.2, 0) is 4.74 Å². The van der Waals surface area contributed by atoms with E-state index in [4.69, 9.17) is 22.7 Å². The lowest BCUT2D eigenvalue weighted by molar-refractivity contribution is 0.0894. The Balaban J connectivity index is 2.77. The van der Waals surface area contributed by atoms with E-state index >= 15 is 0 Å². The van der Waals surface area contributed by atoms with Gasteiger partial charge in [-0.1, -0.05) is 31.3 Å². The van der Waals surface area contributed by atoms with Crippen molar-refractivity contribution in [1.82, 2.24) is 5.32 Å². The van der Waals surface area contributed by atoms with Crippen LogP contribution in [0.2, 0.25) is 0 Å². The molecule has 0 saturated carbocycles. The summed E-state index contributed by atoms with van der Waals surface area (Å²) in [6, 6.07) is 6.98. The Morgan fingerprint density at radius 3 is 2.72 bits per heavy atom. The molecule has 0 saturated heterocycles. The summed E-state index contributed by atoms with van der Waals surface area (Å²) in [5, 5.41) is 2.90. The fourth-order valence-corrected chi connectivity index (χ4v) is 1.67. The highest BCUT2D eigenvalue weighted by atomic mass is 32.1. The SMILES string of the molecule is CCC(COC)NC(=O)c1cccc(C(N)=S)c1. The standard InChI is InChI=1S/C13H18N2O2S/c1-3-11(8-17-2)15-13(16)10-6-4-5-9(7-10)12(14)18/h4-7,11H,3,8H2,1-2H3,(H2,14,18)(H,15,16). The third-order valence-electron chi connectivity index (χ3n) is 2.61. The molecule has 98 valence electrons. The summed E-state index contributed by atoms with van der Waals surface area (Å²) in [6.07, 6.45) is 0.814. The molecule has 1 aromatic carbocycles. The first kappa shape index (κ1) is 14.6. The molecule has 1 rings (SSSR count). The van der Waals surface area contributed by atoms with Crippen LogP contribution in [0.4, 0.5) is 0 Å². The molecular formula is C13H18N2O2S. The minimum absolute atomic E-state index is 0.0102. The summed E-state index contributed by atoms with van der Waals surface area (Å²) in [5.41, 5.74) is 6.78. The van der Waals surface area contributed by atoms with Gasteiger partial charge in [0.2, 0.25) is 0 Å². The number of nitrogens with two attached hydrogens (primary N) is 1. The number of methoxy groups -OCH3 is 1. The van der Waals surface area contributed by atoms with E-state index in [-0.39, 0.29) is 16.9 Å². The normalized spacial score (nSPS) is 11.9. The maximum Gasteiger partial charge on any atom is 0.251 e. The van der Waals surface area contributed by atoms with Crippen molar-refractivity contribution < 1.29 is 9.53 Å². The lowest BCUT2D eigenvalue weighted by atomic mass is 10.1. The summed E-state index contributed by atoms with van der Waals surface area (Å²) in [6.45, 7) is 2.49. The van der Waals surface area contributed by atoms with Crippen LogP contribution in [0.1, 0.15) is 29.3 Å². The van der Waals surface area contributed by atoms with Crippen LogP contribution in [0.25, 0.3) is 0 Å². The number of amides is 1. The molecule has 1 amide bonds. The first-order chi connectivity index (χ1) is 8.58. The molecule has 18 heavy (non-hydrogen) atoms. The zero-order chi connectivity index (χ0) is 13.5. The van der Waals surface area contributed by atoms with E-state index in [1.165, 1.54) is 0 Å². The number of hydrogen-bond acceptors (Lipinski definition) is 3. The summed E-state index contributed by atoms with van der Waals surface area (Å²) >= 11 is 4.89. The lowest BCUT2D eigenvalue weighted by Gasteiger charge is -2.16. The fourth-order valence-electron chi connectivity index (χ4n) is 1.55. The molecule has 0 aliphatic carbocycles. The largest absolute Gasteiger partial charge is 0.389 e. The molecule has 3 N–H and O–H groups in total. The molecule has 5 heteroatoms. The second kappa shape index (κ2) is 7.08. The minimum Gasteiger partial charge on any atom is -0.389 e. The van der Waals surface area contributed by atoms with Gasteiger partial charge in [-0.3, -0.25) is 4.79 Å². The molecule has 0 radical (unpaired) electrons. The zero-order valence-corrected chi connectivity index (χ0v) is 11.4. The minimum atomic E-state index is -0.142. The van der Waals surface area contributed by atoms with Crippen molar-refractivity contribution in [2.75, 3.05) is 13.7 Å². The number of nitrogens with one attached hydrogen (secondary N) is 1. The summed E-state index contributed by atoms with van der Waals surface area (Å²) in [5.74, 6) is -0.142. The Kier molecular flexibility index (Phi) is 5.74. The second-order valence-corrected chi connectivity index (χ2v) is 4.42. The van der Waals surface area contributed by atoms with Crippen LogP contribution >= 0.6 is 12.2 Å². The number of carbonyl (C=O) groups excluding carboxylic acids is 1. The molecule has 0 spiro atoms. The number of benzene rings is 1. The highest BCUT2D eigenvalue weighted by Gasteiger charge is 2.12. The first-order valence-electron chi connectivity index (χ1n) is 5.78. The van der Waals surface area contributed by atoms with Crippen molar-refractivity contribution in [1.29, 1.82) is 0 Å². The van der Waals surface area contributed by atoms with Crippen molar-refractivity contribution in [3.63, 3.8) is 0 Å². The Bertz CT molecular complexity index is 435. The lowest BCUT2D eigenvalue weighted by Crippen LogP contribution is -2.37. The number of carbonyl (C=O) groups is 1. The van der Waals surface area contributed by atoms with Crippen molar-refractivity contribution in [3.05, 3.63) is 35.4 Å². The predicted molar refractivity (Wildman–Crippen MR) is 75.8 cm³/mol. The Morgan fingerprint density at radius 2 is 2.17 bits per heavy atom. The highest BCUT2D eigenvalue weighted by molar-refractivity contribution is 7.80. The summed E-state index contributed by atoms with van der Waals surface area (Å²) in [7, 11) is 1.61. The van der Waals surface area contributed by atoms with Gasteiger partial charge in [0.25, 0.3) is 5.91 Å². The number of rotatable bonds is 6. The second-order valence-electron chi connectivity index (χ2n) is 3.98. The van der Waals surface area contributed by atoms with E-state index in [0.717, 1.165) is 6.42 Å². The quantitative estimate of drug-likeness (QED) is 0.765. The van der Waals surface area contributed by atoms with Gasteiger partial charge >= 0.3 is 0 Å². The predicted octanol–water partition coefficient (Wildman–Crippen LogP) is 1.48. The van der Waals surface area contributed by atoms with Crippen molar-refractivity contribution in [3.8, 4) is 0 Å². The van der Waals surface area contributed by atoms with Crippen LogP contribution in [0.3, 0.4) is 0 Å². The monoisotopic (exact) mass is 266 g/mol. The molecule has 0 aromatic heterocycles. The van der Waals surface area contributed by atoms with Gasteiger partial charge in [-0.05, 0) is 18.6 Å². The van der Waals surface area contributed by atoms with Gasteiger partial charge in [0.15, 0.2) is 0 Å². The third kappa shape index (κ3) is 4.09. The Labute approximate surface area is 113 Å². The molecule has 1 unspecified atom stereocenters. The van der Waals surface area contributed by atoms with Crippen LogP contribution in [0.15, 0.2) is 24.3 Å². The maximum atomic E-state index is 12.0. The Hall–Kier alpha value is -1.46. The van der Waals surface area contributed by atoms with Gasteiger partial charge in [0.1, 0.15) is 4.99 Å². The Morgan fingerprint density at radius 1 is 1.50 bits per heavy atom. The zero-order valence-electron chi connectivity index (χ0n) is 10.6. The van der Waals surface area contributed by atoms with Gasteiger partial charge in [-0.2, -0.15) is 0 Å². The summed E-state index contributed by atoms with van der Waals surface area (Å²) in [4.78, 5) is 12.3. The summed E-state index contributed by atoms with van der Waals surface area (Å²) < 4.78 is 5.04. The van der Waals surface area contributed by atoms with Crippen molar-refractivity contribution in [2.24, 2.45) is 5.73 Å². The molecule has 0 heterocycles. The van der Waals surface area contributed by atoms with E-state index in [1.807, 2.05) is 6.92 Å². The average molecular weight is 266 g/mol. The fraction of sp³-hybridized carbons (Fsp3) is 0.385. The molecule has 0 fully saturated rings. The molecule has 4 nitrogen and oxygen atoms in total. The number of hydrogen-bond donors (Lipinski definition) is 2. The van der Waals surface area contributed by atoms with Crippen molar-refractivity contribution in [2.45, 2.75) is 19.4 Å². The molecule has 0 aliphatic rings. The van der Waals surface area contributed by atoms with E-state index in [2.05, 4.69) is 5.32 Å². The van der Waals surface area contributed by atoms with Crippen LogP contribution < -0.4 is 11.1 Å². The van der Waals surface area contributed by atoms with E-state index in [1.54, 1.807) is 31.4 Å². The molecular weight excluding hydrogens is 248 g/mol. The molecule has 1 aromatic rings. The molecule has 1 atom stereocenters. The maximum absolute atomic E-state index is 12.0. The number of ether oxygens (including phenoxy) is 1. The topological polar surface area (TPSA) is 64.3 Å². The third-order valence-corrected chi connectivity index (χ3v) is 2.84. The van der Waals surface area contributed by atoms with E-state index < -0.39 is 0 Å².